The molecule has 0 aromatic rings. The van der Waals surface area contributed by atoms with E-state index in [9.17, 15) is 0 Å². The number of nitrogens with zero attached hydrogens (tertiary/aromatic N) is 1. The Balaban J connectivity index is 0. The van der Waals surface area contributed by atoms with Crippen LogP contribution in [0.25, 0.3) is 0 Å². The molecule has 0 saturated carbocycles. The Kier molecular flexibility index (Phi) is 7.49. The Labute approximate surface area is 65.3 Å². The van der Waals surface area contributed by atoms with E-state index in [-0.39, 0.29) is 17.1 Å². The minimum atomic E-state index is 0. The van der Waals surface area contributed by atoms with E-state index in [0.29, 0.717) is 4.32 Å². The summed E-state index contributed by atoms with van der Waals surface area (Å²) in [7, 11) is 3.71. The quantitative estimate of drug-likeness (QED) is 0.342. The summed E-state index contributed by atoms with van der Waals surface area (Å²) in [4.78, 5) is 1.76. The van der Waals surface area contributed by atoms with E-state index in [1.54, 1.807) is 4.90 Å². The van der Waals surface area contributed by atoms with E-state index in [1.807, 2.05) is 14.1 Å². The van der Waals surface area contributed by atoms with Crippen molar-refractivity contribution >= 4 is 46.2 Å². The van der Waals surface area contributed by atoms with Gasteiger partial charge in [0.1, 0.15) is 4.32 Å². The van der Waals surface area contributed by atoms with Crippen molar-refractivity contribution in [2.24, 2.45) is 0 Å². The first-order chi connectivity index (χ1) is 2.64. The fraction of sp³-hybridized carbons (Fsp3) is 0.667. The molecule has 7 heavy (non-hydrogen) atoms. The van der Waals surface area contributed by atoms with Crippen molar-refractivity contribution < 1.29 is 0 Å². The summed E-state index contributed by atoms with van der Waals surface area (Å²) in [5, 5.41) is 0. The molecule has 0 atom stereocenters. The molecule has 0 unspecified atom stereocenters. The van der Waals surface area contributed by atoms with Gasteiger partial charge in [0.2, 0.25) is 0 Å². The van der Waals surface area contributed by atoms with E-state index >= 15 is 0 Å². The molecule has 0 N–H and O–H groups in total. The summed E-state index contributed by atoms with van der Waals surface area (Å²) in [5.41, 5.74) is 0. The second-order valence-corrected chi connectivity index (χ2v) is 2.29. The predicted molar refractivity (Wildman–Crippen MR) is 41.0 cm³/mol. The van der Waals surface area contributed by atoms with Crippen LogP contribution in [0.4, 0.5) is 0 Å². The van der Waals surface area contributed by atoms with Crippen molar-refractivity contribution in [2.75, 3.05) is 14.1 Å². The van der Waals surface area contributed by atoms with Crippen LogP contribution in [0.1, 0.15) is 0 Å². The van der Waals surface area contributed by atoms with Crippen LogP contribution < -0.4 is 0 Å². The molecule has 0 heterocycles. The molecule has 0 rings (SSSR count). The third-order valence-electron chi connectivity index (χ3n) is 0.383. The van der Waals surface area contributed by atoms with Crippen LogP contribution in [0.15, 0.2) is 0 Å². The Morgan fingerprint density at radius 1 is 1.57 bits per heavy atom. The first-order valence-corrected chi connectivity index (χ1v) is 2.40. The third-order valence-corrected chi connectivity index (χ3v) is 1.15. The maximum Gasteiger partial charge on any atom is 0.132 e. The van der Waals surface area contributed by atoms with Gasteiger partial charge >= 0.3 is 0 Å². The zero-order chi connectivity index (χ0) is 5.15. The van der Waals surface area contributed by atoms with Gasteiger partial charge in [-0.05, 0) is 0 Å². The molecule has 2 radical (unpaired) electrons. The van der Waals surface area contributed by atoms with E-state index in [1.165, 1.54) is 0 Å². The molecule has 0 aromatic carbocycles. The van der Waals surface area contributed by atoms with Crippen LogP contribution in [-0.4, -0.2) is 40.4 Å². The van der Waals surface area contributed by atoms with Crippen LogP contribution in [0, 0.1) is 0 Å². The Morgan fingerprint density at radius 2 is 1.71 bits per heavy atom. The summed E-state index contributed by atoms with van der Waals surface area (Å²) in [5.74, 6) is 0. The molecule has 0 bridgehead atoms. The van der Waals surface area contributed by atoms with Gasteiger partial charge in [-0.2, -0.15) is 0 Å². The molecule has 1 nitrogen and oxygen atoms in total. The van der Waals surface area contributed by atoms with Gasteiger partial charge in [-0.1, -0.05) is 12.2 Å². The Hall–Kier alpha value is 0.759. The fourth-order valence-electron chi connectivity index (χ4n) is 0. The minimum absolute atomic E-state index is 0. The summed E-state index contributed by atoms with van der Waals surface area (Å²) < 4.78 is 0.620. The van der Waals surface area contributed by atoms with Crippen molar-refractivity contribution in [2.45, 2.75) is 0 Å². The van der Waals surface area contributed by atoms with Gasteiger partial charge in [-0.15, -0.1) is 12.6 Å². The third kappa shape index (κ3) is 6.76. The van der Waals surface area contributed by atoms with Crippen molar-refractivity contribution in [1.29, 1.82) is 0 Å². The second-order valence-electron chi connectivity index (χ2n) is 1.18. The van der Waals surface area contributed by atoms with Crippen LogP contribution in [-0.2, 0) is 0 Å². The van der Waals surface area contributed by atoms with Crippen molar-refractivity contribution in [3.8, 4) is 0 Å². The number of rotatable bonds is 0. The van der Waals surface area contributed by atoms with Crippen molar-refractivity contribution in [1.82, 2.24) is 4.90 Å². The molecule has 0 aromatic heterocycles. The smallest absolute Gasteiger partial charge is 0.132 e. The summed E-state index contributed by atoms with van der Waals surface area (Å²) in [6.07, 6.45) is 0. The van der Waals surface area contributed by atoms with Crippen molar-refractivity contribution in [3.05, 3.63) is 0 Å². The molecule has 0 amide bonds. The predicted octanol–water partition coefficient (Wildman–Crippen LogP) is 0.382. The van der Waals surface area contributed by atoms with Gasteiger partial charge < -0.3 is 4.90 Å². The standard InChI is InChI=1S/C3H7NS2.Se/c1-4(2)3(5)6;/h1-2H3,(H,5,6);. The topological polar surface area (TPSA) is 3.24 Å². The molecular formula is C3H7NS2Se. The van der Waals surface area contributed by atoms with Gasteiger partial charge in [-0.3, -0.25) is 0 Å². The summed E-state index contributed by atoms with van der Waals surface area (Å²) >= 11 is 8.46. The number of hydrogen-bond donors (Lipinski definition) is 1. The Bertz CT molecular complexity index is 64.0. The molecule has 0 fully saturated rings. The van der Waals surface area contributed by atoms with E-state index < -0.39 is 0 Å². The zero-order valence-corrected chi connectivity index (χ0v) is 7.63. The molecule has 0 aliphatic rings. The summed E-state index contributed by atoms with van der Waals surface area (Å²) in [6, 6.07) is 0. The zero-order valence-electron chi connectivity index (χ0n) is 4.21. The van der Waals surface area contributed by atoms with Gasteiger partial charge in [0.25, 0.3) is 0 Å². The Morgan fingerprint density at radius 3 is 1.71 bits per heavy atom. The number of thiol groups is 1. The number of thiocarbonyl (C=S) groups is 1. The normalized spacial score (nSPS) is 6.71. The molecule has 4 heteroatoms. The van der Waals surface area contributed by atoms with Crippen LogP contribution >= 0.6 is 24.8 Å². The molecular weight excluding hydrogens is 193 g/mol. The fourth-order valence-corrected chi connectivity index (χ4v) is 0. The first-order valence-electron chi connectivity index (χ1n) is 1.55. The molecule has 0 spiro atoms. The molecule has 42 valence electrons. The van der Waals surface area contributed by atoms with Crippen LogP contribution in [0.5, 0.6) is 0 Å². The average molecular weight is 200 g/mol. The first kappa shape index (κ1) is 10.7. The molecule has 0 aliphatic heterocycles. The van der Waals surface area contributed by atoms with E-state index in [0.717, 1.165) is 0 Å². The van der Waals surface area contributed by atoms with E-state index in [4.69, 9.17) is 0 Å². The van der Waals surface area contributed by atoms with Crippen LogP contribution in [0.2, 0.25) is 0 Å². The largest absolute Gasteiger partial charge is 0.364 e. The maximum atomic E-state index is 4.61. The minimum Gasteiger partial charge on any atom is -0.364 e. The van der Waals surface area contributed by atoms with Gasteiger partial charge in [-0.25, -0.2) is 0 Å². The average Bonchev–Trinajstić information content (AvgIpc) is 1.36. The van der Waals surface area contributed by atoms with Gasteiger partial charge in [0.15, 0.2) is 0 Å². The van der Waals surface area contributed by atoms with E-state index in [2.05, 4.69) is 24.8 Å². The SMILES string of the molecule is CN(C)C(=S)S.[Se]. The van der Waals surface area contributed by atoms with Gasteiger partial charge in [0, 0.05) is 31.2 Å². The summed E-state index contributed by atoms with van der Waals surface area (Å²) in [6.45, 7) is 0. The number of hydrogen-bond acceptors (Lipinski definition) is 1. The van der Waals surface area contributed by atoms with Crippen molar-refractivity contribution in [3.63, 3.8) is 0 Å². The van der Waals surface area contributed by atoms with Crippen LogP contribution in [0.3, 0.4) is 0 Å². The maximum absolute atomic E-state index is 4.61. The van der Waals surface area contributed by atoms with Gasteiger partial charge in [0.05, 0.1) is 0 Å². The second kappa shape index (κ2) is 4.91. The molecule has 0 saturated heterocycles. The molecule has 0 aliphatic carbocycles. The monoisotopic (exact) mass is 201 g/mol.